The van der Waals surface area contributed by atoms with E-state index < -0.39 is 17.7 Å². The summed E-state index contributed by atoms with van der Waals surface area (Å²) in [6.45, 7) is 0.878. The van der Waals surface area contributed by atoms with E-state index in [1.54, 1.807) is 17.0 Å². The number of nitrogens with one attached hydrogen (secondary N) is 1. The van der Waals surface area contributed by atoms with E-state index in [4.69, 9.17) is 0 Å². The highest BCUT2D eigenvalue weighted by atomic mass is 19.4. The third-order valence-electron chi connectivity index (χ3n) is 4.62. The maximum absolute atomic E-state index is 12.4. The van der Waals surface area contributed by atoms with Crippen molar-refractivity contribution < 1.29 is 27.6 Å². The minimum atomic E-state index is -4.43. The van der Waals surface area contributed by atoms with Crippen molar-refractivity contribution >= 4 is 17.4 Å². The van der Waals surface area contributed by atoms with Crippen LogP contribution in [0.5, 0.6) is 5.88 Å². The normalized spacial score (nSPS) is 14.3. The van der Waals surface area contributed by atoms with Crippen LogP contribution in [-0.4, -0.2) is 59.8 Å². The molecular weight excluding hydrogens is 419 g/mol. The zero-order valence-corrected chi connectivity index (χ0v) is 16.3. The fourth-order valence-electron chi connectivity index (χ4n) is 3.00. The quantitative estimate of drug-likeness (QED) is 0.549. The summed E-state index contributed by atoms with van der Waals surface area (Å²) in [6, 6.07) is 8.85. The van der Waals surface area contributed by atoms with Crippen LogP contribution in [-0.2, 0) is 6.54 Å². The van der Waals surface area contributed by atoms with Crippen molar-refractivity contribution in [3.8, 4) is 5.88 Å². The Balaban J connectivity index is 1.43. The van der Waals surface area contributed by atoms with Crippen LogP contribution in [0.3, 0.4) is 0 Å². The molecular formula is C19H20F3N5O4. The summed E-state index contributed by atoms with van der Waals surface area (Å²) in [5.41, 5.74) is 1.50. The van der Waals surface area contributed by atoms with E-state index in [9.17, 15) is 28.1 Å². The molecule has 0 aliphatic carbocycles. The number of amides is 2. The van der Waals surface area contributed by atoms with E-state index >= 15 is 0 Å². The standard InChI is InChI=1S/C19H20F3N5O4/c20-19(21,22)13-31-17-6-1-14(11-23-17)12-24-18(28)26-9-7-25(8-10-26)15-2-4-16(5-3-15)27(29)30/h1-6,11H,7-10,12-13H2,(H,24,28). The number of rotatable bonds is 6. The molecule has 31 heavy (non-hydrogen) atoms. The van der Waals surface area contributed by atoms with Gasteiger partial charge >= 0.3 is 12.2 Å². The molecule has 9 nitrogen and oxygen atoms in total. The number of urea groups is 1. The van der Waals surface area contributed by atoms with Gasteiger partial charge in [0.15, 0.2) is 6.61 Å². The highest BCUT2D eigenvalue weighted by Crippen LogP contribution is 2.21. The van der Waals surface area contributed by atoms with Gasteiger partial charge in [0.25, 0.3) is 5.69 Å². The summed E-state index contributed by atoms with van der Waals surface area (Å²) < 4.78 is 41.0. The predicted octanol–water partition coefficient (Wildman–Crippen LogP) is 2.96. The molecule has 1 saturated heterocycles. The summed E-state index contributed by atoms with van der Waals surface area (Å²) in [5, 5.41) is 13.5. The number of ether oxygens (including phenoxy) is 1. The van der Waals surface area contributed by atoms with Crippen LogP contribution in [0.15, 0.2) is 42.6 Å². The van der Waals surface area contributed by atoms with E-state index in [1.165, 1.54) is 30.5 Å². The molecule has 166 valence electrons. The molecule has 1 aromatic heterocycles. The van der Waals surface area contributed by atoms with Gasteiger partial charge in [-0.25, -0.2) is 9.78 Å². The largest absolute Gasteiger partial charge is 0.468 e. The van der Waals surface area contributed by atoms with Gasteiger partial charge in [-0.2, -0.15) is 13.2 Å². The number of hydrogen-bond acceptors (Lipinski definition) is 6. The number of benzene rings is 1. The van der Waals surface area contributed by atoms with Crippen LogP contribution in [0.25, 0.3) is 0 Å². The van der Waals surface area contributed by atoms with Crippen molar-refractivity contribution in [2.45, 2.75) is 12.7 Å². The number of pyridine rings is 1. The minimum absolute atomic E-state index is 0.0243. The minimum Gasteiger partial charge on any atom is -0.468 e. The number of piperazine rings is 1. The van der Waals surface area contributed by atoms with Gasteiger partial charge in [-0.05, 0) is 17.7 Å². The van der Waals surface area contributed by atoms with E-state index in [0.717, 1.165) is 5.69 Å². The van der Waals surface area contributed by atoms with Crippen LogP contribution < -0.4 is 15.0 Å². The molecule has 1 aromatic carbocycles. The lowest BCUT2D eigenvalue weighted by atomic mass is 10.2. The molecule has 0 atom stereocenters. The Labute approximate surface area is 175 Å². The number of halogens is 3. The van der Waals surface area contributed by atoms with Crippen molar-refractivity contribution in [2.75, 3.05) is 37.7 Å². The lowest BCUT2D eigenvalue weighted by Gasteiger charge is -2.36. The second kappa shape index (κ2) is 9.49. The summed E-state index contributed by atoms with van der Waals surface area (Å²) in [4.78, 5) is 30.1. The van der Waals surface area contributed by atoms with Crippen molar-refractivity contribution in [3.05, 3.63) is 58.3 Å². The number of carbonyl (C=O) groups excluding carboxylic acids is 1. The zero-order chi connectivity index (χ0) is 22.4. The molecule has 12 heteroatoms. The Morgan fingerprint density at radius 3 is 2.35 bits per heavy atom. The number of alkyl halides is 3. The second-order valence-electron chi connectivity index (χ2n) is 6.81. The van der Waals surface area contributed by atoms with Crippen molar-refractivity contribution in [2.24, 2.45) is 0 Å². The molecule has 2 amide bonds. The lowest BCUT2D eigenvalue weighted by molar-refractivity contribution is -0.384. The average molecular weight is 439 g/mol. The Morgan fingerprint density at radius 1 is 1.13 bits per heavy atom. The zero-order valence-electron chi connectivity index (χ0n) is 16.3. The van der Waals surface area contributed by atoms with E-state index in [2.05, 4.69) is 15.0 Å². The van der Waals surface area contributed by atoms with Gasteiger partial charge in [-0.1, -0.05) is 6.07 Å². The SMILES string of the molecule is O=C(NCc1ccc(OCC(F)(F)F)nc1)N1CCN(c2ccc([N+](=O)[O-])cc2)CC1. The molecule has 0 spiro atoms. The second-order valence-corrected chi connectivity index (χ2v) is 6.81. The fourth-order valence-corrected chi connectivity index (χ4v) is 3.00. The van der Waals surface area contributed by atoms with Gasteiger partial charge in [0.05, 0.1) is 4.92 Å². The summed E-state index contributed by atoms with van der Waals surface area (Å²) >= 11 is 0. The molecule has 1 aliphatic rings. The fraction of sp³-hybridized carbons (Fsp3) is 0.368. The number of nitrogens with zero attached hydrogens (tertiary/aromatic N) is 4. The molecule has 0 saturated carbocycles. The van der Waals surface area contributed by atoms with Crippen LogP contribution in [0.4, 0.5) is 29.3 Å². The number of nitro benzene ring substituents is 1. The van der Waals surface area contributed by atoms with Crippen LogP contribution in [0.2, 0.25) is 0 Å². The number of non-ortho nitro benzene ring substituents is 1. The van der Waals surface area contributed by atoms with Crippen LogP contribution in [0, 0.1) is 10.1 Å². The molecule has 0 bridgehead atoms. The molecule has 3 rings (SSSR count). The first kappa shape index (κ1) is 22.1. The third-order valence-corrected chi connectivity index (χ3v) is 4.62. The Morgan fingerprint density at radius 2 is 1.81 bits per heavy atom. The molecule has 0 unspecified atom stereocenters. The van der Waals surface area contributed by atoms with Crippen molar-refractivity contribution in [1.82, 2.24) is 15.2 Å². The van der Waals surface area contributed by atoms with E-state index in [-0.39, 0.29) is 24.1 Å². The number of aromatic nitrogens is 1. The molecule has 1 N–H and O–H groups in total. The maximum atomic E-state index is 12.4. The van der Waals surface area contributed by atoms with Gasteiger partial charge < -0.3 is 19.9 Å². The van der Waals surface area contributed by atoms with Gasteiger partial charge in [0.2, 0.25) is 5.88 Å². The van der Waals surface area contributed by atoms with Gasteiger partial charge in [0.1, 0.15) is 0 Å². The first-order valence-electron chi connectivity index (χ1n) is 9.38. The number of anilines is 1. The topological polar surface area (TPSA) is 101 Å². The van der Waals surface area contributed by atoms with Gasteiger partial charge in [-0.3, -0.25) is 10.1 Å². The maximum Gasteiger partial charge on any atom is 0.422 e. The van der Waals surface area contributed by atoms with Crippen LogP contribution in [0.1, 0.15) is 5.56 Å². The first-order chi connectivity index (χ1) is 14.7. The summed E-state index contributed by atoms with van der Waals surface area (Å²) in [6.07, 6.45) is -3.09. The summed E-state index contributed by atoms with van der Waals surface area (Å²) in [5.74, 6) is -0.144. The molecule has 1 fully saturated rings. The Hall–Kier alpha value is -3.57. The highest BCUT2D eigenvalue weighted by molar-refractivity contribution is 5.74. The number of hydrogen-bond donors (Lipinski definition) is 1. The molecule has 2 heterocycles. The van der Waals surface area contributed by atoms with Gasteiger partial charge in [0, 0.05) is 62.8 Å². The summed E-state index contributed by atoms with van der Waals surface area (Å²) in [7, 11) is 0. The first-order valence-corrected chi connectivity index (χ1v) is 9.38. The van der Waals surface area contributed by atoms with Crippen LogP contribution >= 0.6 is 0 Å². The lowest BCUT2D eigenvalue weighted by Crippen LogP contribution is -2.51. The third kappa shape index (κ3) is 6.46. The van der Waals surface area contributed by atoms with Gasteiger partial charge in [-0.15, -0.1) is 0 Å². The van der Waals surface area contributed by atoms with E-state index in [0.29, 0.717) is 31.7 Å². The molecule has 0 radical (unpaired) electrons. The smallest absolute Gasteiger partial charge is 0.422 e. The van der Waals surface area contributed by atoms with E-state index in [1.807, 2.05) is 4.90 Å². The predicted molar refractivity (Wildman–Crippen MR) is 105 cm³/mol. The van der Waals surface area contributed by atoms with Crippen molar-refractivity contribution in [1.29, 1.82) is 0 Å². The Kier molecular flexibility index (Phi) is 6.78. The number of nitro groups is 1. The molecule has 2 aromatic rings. The number of carbonyl (C=O) groups is 1. The Bertz CT molecular complexity index is 898. The molecule has 1 aliphatic heterocycles. The van der Waals surface area contributed by atoms with Crippen molar-refractivity contribution in [3.63, 3.8) is 0 Å². The highest BCUT2D eigenvalue weighted by Gasteiger charge is 2.28. The average Bonchev–Trinajstić information content (AvgIpc) is 2.76. The monoisotopic (exact) mass is 439 g/mol.